The van der Waals surface area contributed by atoms with E-state index < -0.39 is 62.3 Å². The molecule has 229 valence electrons. The fourth-order valence-corrected chi connectivity index (χ4v) is 5.66. The molecule has 0 fully saturated rings. The van der Waals surface area contributed by atoms with E-state index in [-0.39, 0.29) is 27.8 Å². The van der Waals surface area contributed by atoms with Gasteiger partial charge in [-0.1, -0.05) is 152 Å². The first kappa shape index (κ1) is 31.3. The number of rotatable bonds is 11. The summed E-state index contributed by atoms with van der Waals surface area (Å²) in [5, 5.41) is 0. The zero-order valence-electron chi connectivity index (χ0n) is 25.4. The van der Waals surface area contributed by atoms with Crippen molar-refractivity contribution in [3.05, 3.63) is 213 Å². The highest BCUT2D eigenvalue weighted by molar-refractivity contribution is 6.34. The average molecular weight is 626 g/mol. The molecule has 48 heavy (non-hydrogen) atoms. The fourth-order valence-electron chi connectivity index (χ4n) is 5.66. The second-order valence-corrected chi connectivity index (χ2v) is 10.8. The van der Waals surface area contributed by atoms with E-state index in [4.69, 9.17) is 0 Å². The molecule has 6 nitrogen and oxygen atoms in total. The largest absolute Gasteiger partial charge is 0.289 e. The van der Waals surface area contributed by atoms with E-state index in [1.165, 1.54) is 60.7 Å². The lowest BCUT2D eigenvalue weighted by molar-refractivity contribution is 0.0974. The molecule has 0 bridgehead atoms. The molecule has 0 aromatic heterocycles. The Morgan fingerprint density at radius 1 is 0.292 bits per heavy atom. The first-order valence-corrected chi connectivity index (χ1v) is 15.0. The summed E-state index contributed by atoms with van der Waals surface area (Å²) < 4.78 is 0. The first-order valence-electron chi connectivity index (χ1n) is 15.0. The van der Waals surface area contributed by atoms with Crippen molar-refractivity contribution < 1.29 is 28.8 Å². The molecule has 0 aliphatic heterocycles. The third kappa shape index (κ3) is 5.86. The van der Waals surface area contributed by atoms with Crippen molar-refractivity contribution in [3.63, 3.8) is 0 Å². The molecular weight excluding hydrogens is 600 g/mol. The lowest BCUT2D eigenvalue weighted by Gasteiger charge is -2.22. The Morgan fingerprint density at radius 2 is 0.479 bits per heavy atom. The van der Waals surface area contributed by atoms with Crippen LogP contribution in [0.25, 0.3) is 0 Å². The van der Waals surface area contributed by atoms with Crippen molar-refractivity contribution in [3.8, 4) is 0 Å². The quantitative estimate of drug-likeness (QED) is 0.140. The smallest absolute Gasteiger partial charge is 0.235 e. The maximum absolute atomic E-state index is 14.8. The molecule has 0 amide bonds. The second-order valence-electron chi connectivity index (χ2n) is 10.8. The van der Waals surface area contributed by atoms with Crippen molar-refractivity contribution in [1.29, 1.82) is 0 Å². The van der Waals surface area contributed by atoms with Crippen molar-refractivity contribution in [1.82, 2.24) is 0 Å². The minimum absolute atomic E-state index is 0.0921. The van der Waals surface area contributed by atoms with Gasteiger partial charge in [-0.15, -0.1) is 0 Å². The lowest BCUT2D eigenvalue weighted by Crippen LogP contribution is -2.28. The van der Waals surface area contributed by atoms with Gasteiger partial charge in [0, 0.05) is 61.2 Å². The van der Waals surface area contributed by atoms with E-state index in [1.807, 2.05) is 0 Å². The van der Waals surface area contributed by atoms with Crippen molar-refractivity contribution in [2.45, 2.75) is 0 Å². The van der Waals surface area contributed by atoms with Crippen LogP contribution in [-0.2, 0) is 4.79 Å². The van der Waals surface area contributed by atoms with Gasteiger partial charge < -0.3 is 0 Å². The summed E-state index contributed by atoms with van der Waals surface area (Å²) in [6, 6.07) is 39.6. The van der Waals surface area contributed by atoms with Gasteiger partial charge in [0.1, 0.15) is 0 Å². The van der Waals surface area contributed by atoms with E-state index >= 15 is 0 Å². The van der Waals surface area contributed by atoms with E-state index in [2.05, 4.69) is 0 Å². The highest BCUT2D eigenvalue weighted by Gasteiger charge is 2.39. The van der Waals surface area contributed by atoms with Gasteiger partial charge in [-0.3, -0.25) is 28.8 Å². The normalized spacial score (nSPS) is 10.6. The molecule has 0 N–H and O–H groups in total. The summed E-state index contributed by atoms with van der Waals surface area (Å²) in [4.78, 5) is 86.3. The van der Waals surface area contributed by atoms with Crippen LogP contribution in [0.15, 0.2) is 152 Å². The first-order chi connectivity index (χ1) is 23.4. The fraction of sp³-hybridized carbons (Fsp3) is 0. The molecule has 0 aliphatic carbocycles. The molecular formula is C42H25O6. The van der Waals surface area contributed by atoms with Crippen molar-refractivity contribution in [2.24, 2.45) is 0 Å². The van der Waals surface area contributed by atoms with Gasteiger partial charge in [0.2, 0.25) is 6.29 Å². The summed E-state index contributed by atoms with van der Waals surface area (Å²) in [6.45, 7) is 0. The van der Waals surface area contributed by atoms with Gasteiger partial charge in [-0.2, -0.15) is 0 Å². The van der Waals surface area contributed by atoms with Crippen LogP contribution < -0.4 is 0 Å². The standard InChI is InChI=1S/C42H25O6/c43-26-32-33(38(44)27-16-6-1-7-17-27)35(40(46)29-20-10-3-11-21-29)37(42(48)31-24-14-5-15-25-31)36(41(47)30-22-12-4-13-23-30)34(32)39(45)28-18-8-2-9-19-28/h1-25H. The summed E-state index contributed by atoms with van der Waals surface area (Å²) in [7, 11) is 0. The minimum Gasteiger partial charge on any atom is -0.289 e. The molecule has 0 saturated heterocycles. The van der Waals surface area contributed by atoms with E-state index in [1.54, 1.807) is 97.3 Å². The van der Waals surface area contributed by atoms with Gasteiger partial charge in [0.25, 0.3) is 0 Å². The zero-order valence-corrected chi connectivity index (χ0v) is 25.4. The van der Waals surface area contributed by atoms with Gasteiger partial charge in [0.15, 0.2) is 28.9 Å². The number of carbonyl (C=O) groups excluding carboxylic acids is 6. The lowest BCUT2D eigenvalue weighted by atomic mass is 9.75. The van der Waals surface area contributed by atoms with Gasteiger partial charge in [-0.05, 0) is 0 Å². The molecule has 0 unspecified atom stereocenters. The number of ketones is 5. The summed E-state index contributed by atoms with van der Waals surface area (Å²) in [5.41, 5.74) is -2.48. The van der Waals surface area contributed by atoms with Crippen LogP contribution in [0.1, 0.15) is 85.2 Å². The third-order valence-corrected chi connectivity index (χ3v) is 7.92. The highest BCUT2D eigenvalue weighted by atomic mass is 16.2. The van der Waals surface area contributed by atoms with Gasteiger partial charge in [-0.25, -0.2) is 0 Å². The maximum atomic E-state index is 14.8. The molecule has 0 aliphatic rings. The molecule has 6 rings (SSSR count). The predicted molar refractivity (Wildman–Crippen MR) is 181 cm³/mol. The Hall–Kier alpha value is -6.66. The average Bonchev–Trinajstić information content (AvgIpc) is 3.17. The van der Waals surface area contributed by atoms with Gasteiger partial charge in [0.05, 0.1) is 0 Å². The van der Waals surface area contributed by atoms with Crippen molar-refractivity contribution in [2.75, 3.05) is 0 Å². The number of carbonyl (C=O) groups is 5. The van der Waals surface area contributed by atoms with Gasteiger partial charge >= 0.3 is 0 Å². The SMILES string of the molecule is O=[C]c1c(C(=O)c2ccccc2)c(C(=O)c2ccccc2)c(C(=O)c2ccccc2)c(C(=O)c2ccccc2)c1C(=O)c1ccccc1. The van der Waals surface area contributed by atoms with E-state index in [9.17, 15) is 28.8 Å². The van der Waals surface area contributed by atoms with Crippen LogP contribution >= 0.6 is 0 Å². The van der Waals surface area contributed by atoms with E-state index in [0.29, 0.717) is 0 Å². The predicted octanol–water partition coefficient (Wildman–Crippen LogP) is 7.30. The third-order valence-electron chi connectivity index (χ3n) is 7.92. The maximum Gasteiger partial charge on any atom is 0.235 e. The van der Waals surface area contributed by atoms with E-state index in [0.717, 1.165) is 0 Å². The Labute approximate surface area is 276 Å². The Kier molecular flexibility index (Phi) is 8.99. The number of hydrogen-bond acceptors (Lipinski definition) is 6. The van der Waals surface area contributed by atoms with Crippen LogP contribution in [0.4, 0.5) is 0 Å². The molecule has 1 radical (unpaired) electrons. The summed E-state index contributed by atoms with van der Waals surface area (Å²) >= 11 is 0. The topological polar surface area (TPSA) is 102 Å². The second kappa shape index (κ2) is 13.8. The number of hydrogen-bond donors (Lipinski definition) is 0. The molecule has 0 spiro atoms. The van der Waals surface area contributed by atoms with Crippen LogP contribution in [0.3, 0.4) is 0 Å². The molecule has 6 heteroatoms. The Bertz CT molecular complexity index is 2060. The molecule has 6 aromatic carbocycles. The van der Waals surface area contributed by atoms with Crippen LogP contribution in [0.5, 0.6) is 0 Å². The summed E-state index contributed by atoms with van der Waals surface area (Å²) in [6.07, 6.45) is 1.76. The highest BCUT2D eigenvalue weighted by Crippen LogP contribution is 2.36. The molecule has 0 heterocycles. The van der Waals surface area contributed by atoms with Crippen LogP contribution in [0, 0.1) is 0 Å². The zero-order chi connectivity index (χ0) is 33.6. The van der Waals surface area contributed by atoms with Crippen LogP contribution in [0.2, 0.25) is 0 Å². The van der Waals surface area contributed by atoms with Crippen LogP contribution in [-0.4, -0.2) is 35.2 Å². The molecule has 0 saturated carbocycles. The monoisotopic (exact) mass is 625 g/mol. The molecule has 6 aromatic rings. The Morgan fingerprint density at radius 3 is 0.688 bits per heavy atom. The molecule has 0 atom stereocenters. The number of benzene rings is 6. The Balaban J connectivity index is 1.86. The van der Waals surface area contributed by atoms with Crippen molar-refractivity contribution >= 4 is 35.2 Å². The minimum atomic E-state index is -0.795. The summed E-state index contributed by atoms with van der Waals surface area (Å²) in [5.74, 6) is -3.94.